The van der Waals surface area contributed by atoms with E-state index in [0.717, 1.165) is 11.4 Å². The first-order chi connectivity index (χ1) is 10.7. The summed E-state index contributed by atoms with van der Waals surface area (Å²) in [6.45, 7) is 1.02. The van der Waals surface area contributed by atoms with Crippen LogP contribution in [-0.2, 0) is 24.2 Å². The van der Waals surface area contributed by atoms with Crippen molar-refractivity contribution in [3.05, 3.63) is 53.4 Å². The second kappa shape index (κ2) is 6.09. The number of methoxy groups -OCH3 is 1. The predicted octanol–water partition coefficient (Wildman–Crippen LogP) is 1.75. The molecule has 0 unspecified atom stereocenters. The number of halogens is 1. The van der Waals surface area contributed by atoms with E-state index in [1.165, 1.54) is 13.2 Å². The highest BCUT2D eigenvalue weighted by Crippen LogP contribution is 2.19. The molecule has 0 spiro atoms. The van der Waals surface area contributed by atoms with E-state index < -0.39 is 5.82 Å². The lowest BCUT2D eigenvalue weighted by Gasteiger charge is -2.27. The highest BCUT2D eigenvalue weighted by atomic mass is 19.1. The monoisotopic (exact) mass is 301 g/mol. The summed E-state index contributed by atoms with van der Waals surface area (Å²) in [7, 11) is 1.48. The fraction of sp³-hybridized carbons (Fsp3) is 0.312. The quantitative estimate of drug-likeness (QED) is 0.867. The molecular weight excluding hydrogens is 285 g/mol. The van der Waals surface area contributed by atoms with Gasteiger partial charge in [0.15, 0.2) is 0 Å². The van der Waals surface area contributed by atoms with Gasteiger partial charge in [-0.05, 0) is 11.6 Å². The zero-order valence-electron chi connectivity index (χ0n) is 12.3. The number of fused-ring (bicyclic) bond motifs is 1. The van der Waals surface area contributed by atoms with E-state index in [2.05, 4.69) is 9.97 Å². The average Bonchev–Trinajstić information content (AvgIpc) is 2.56. The van der Waals surface area contributed by atoms with Gasteiger partial charge in [-0.15, -0.1) is 0 Å². The van der Waals surface area contributed by atoms with Gasteiger partial charge in [0, 0.05) is 31.4 Å². The third-order valence-electron chi connectivity index (χ3n) is 3.77. The van der Waals surface area contributed by atoms with Crippen LogP contribution in [0.25, 0.3) is 0 Å². The molecule has 0 fully saturated rings. The van der Waals surface area contributed by atoms with Gasteiger partial charge >= 0.3 is 0 Å². The Kier molecular flexibility index (Phi) is 4.00. The van der Waals surface area contributed by atoms with Crippen LogP contribution >= 0.6 is 0 Å². The van der Waals surface area contributed by atoms with Gasteiger partial charge in [0.05, 0.1) is 31.5 Å². The Morgan fingerprint density at radius 2 is 2.09 bits per heavy atom. The van der Waals surface area contributed by atoms with E-state index in [0.29, 0.717) is 30.8 Å². The molecule has 2 heterocycles. The first-order valence-electron chi connectivity index (χ1n) is 7.06. The number of carbonyl (C=O) groups excluding carboxylic acids is 1. The zero-order valence-corrected chi connectivity index (χ0v) is 12.3. The molecule has 0 saturated heterocycles. The smallest absolute Gasteiger partial charge is 0.227 e. The fourth-order valence-corrected chi connectivity index (χ4v) is 2.52. The molecule has 1 aliphatic rings. The second-order valence-corrected chi connectivity index (χ2v) is 5.15. The predicted molar refractivity (Wildman–Crippen MR) is 77.8 cm³/mol. The van der Waals surface area contributed by atoms with Gasteiger partial charge < -0.3 is 9.64 Å². The van der Waals surface area contributed by atoms with Crippen LogP contribution in [0.1, 0.15) is 17.0 Å². The maximum atomic E-state index is 13.9. The number of aromatic nitrogens is 2. The summed E-state index contributed by atoms with van der Waals surface area (Å²) >= 11 is 0. The Hall–Kier alpha value is -2.50. The Balaban J connectivity index is 1.71. The molecule has 2 aromatic rings. The highest BCUT2D eigenvalue weighted by Gasteiger charge is 2.23. The number of hydrogen-bond acceptors (Lipinski definition) is 4. The number of benzene rings is 1. The molecule has 1 aliphatic heterocycles. The molecule has 0 radical (unpaired) electrons. The molecule has 0 atom stereocenters. The lowest BCUT2D eigenvalue weighted by Crippen LogP contribution is -2.37. The van der Waals surface area contributed by atoms with Crippen molar-refractivity contribution < 1.29 is 13.9 Å². The van der Waals surface area contributed by atoms with E-state index in [1.54, 1.807) is 29.4 Å². The molecule has 1 aromatic heterocycles. The Morgan fingerprint density at radius 1 is 1.32 bits per heavy atom. The van der Waals surface area contributed by atoms with Crippen LogP contribution < -0.4 is 4.74 Å². The van der Waals surface area contributed by atoms with Crippen LogP contribution in [0.4, 0.5) is 4.39 Å². The molecule has 1 amide bonds. The first-order valence-corrected chi connectivity index (χ1v) is 7.06. The van der Waals surface area contributed by atoms with Gasteiger partial charge in [-0.3, -0.25) is 14.8 Å². The topological polar surface area (TPSA) is 55.3 Å². The molecular formula is C16H16FN3O2. The van der Waals surface area contributed by atoms with Crippen LogP contribution in [0, 0.1) is 5.82 Å². The number of ether oxygens (including phenoxy) is 1. The molecule has 5 nitrogen and oxygen atoms in total. The maximum Gasteiger partial charge on any atom is 0.227 e. The summed E-state index contributed by atoms with van der Waals surface area (Å²) in [4.78, 5) is 22.6. The van der Waals surface area contributed by atoms with Crippen molar-refractivity contribution in [1.82, 2.24) is 14.9 Å². The van der Waals surface area contributed by atoms with Gasteiger partial charge in [-0.1, -0.05) is 6.07 Å². The molecule has 0 saturated carbocycles. The Bertz CT molecular complexity index is 706. The summed E-state index contributed by atoms with van der Waals surface area (Å²) in [6, 6.07) is 4.53. The summed E-state index contributed by atoms with van der Waals surface area (Å²) in [5.41, 5.74) is 2.12. The molecule has 22 heavy (non-hydrogen) atoms. The molecule has 0 bridgehead atoms. The minimum atomic E-state index is -0.426. The molecule has 1 aromatic carbocycles. The maximum absolute atomic E-state index is 13.9. The standard InChI is InChI=1S/C16H16FN3O2/c1-22-12-3-2-11(13(17)9-12)8-16(21)20-7-4-14-15(10-20)19-6-5-18-14/h2-3,5-6,9H,4,7-8,10H2,1H3. The second-order valence-electron chi connectivity index (χ2n) is 5.15. The Labute approximate surface area is 127 Å². The van der Waals surface area contributed by atoms with Crippen molar-refractivity contribution in [3.63, 3.8) is 0 Å². The average molecular weight is 301 g/mol. The summed E-state index contributed by atoms with van der Waals surface area (Å²) in [5.74, 6) is -0.0962. The number of nitrogens with zero attached hydrogens (tertiary/aromatic N) is 3. The van der Waals surface area contributed by atoms with E-state index >= 15 is 0 Å². The van der Waals surface area contributed by atoms with E-state index in [4.69, 9.17) is 4.74 Å². The van der Waals surface area contributed by atoms with Crippen molar-refractivity contribution in [1.29, 1.82) is 0 Å². The Morgan fingerprint density at radius 3 is 2.82 bits per heavy atom. The molecule has 0 aliphatic carbocycles. The lowest BCUT2D eigenvalue weighted by atomic mass is 10.1. The van der Waals surface area contributed by atoms with Crippen LogP contribution in [-0.4, -0.2) is 34.4 Å². The summed E-state index contributed by atoms with van der Waals surface area (Å²) in [5, 5.41) is 0. The van der Waals surface area contributed by atoms with Crippen LogP contribution in [0.3, 0.4) is 0 Å². The third-order valence-corrected chi connectivity index (χ3v) is 3.77. The van der Waals surface area contributed by atoms with Crippen molar-refractivity contribution in [2.24, 2.45) is 0 Å². The minimum absolute atomic E-state index is 0.0332. The van der Waals surface area contributed by atoms with Crippen LogP contribution in [0.15, 0.2) is 30.6 Å². The van der Waals surface area contributed by atoms with Crippen molar-refractivity contribution in [2.75, 3.05) is 13.7 Å². The summed E-state index contributed by atoms with van der Waals surface area (Å²) in [6.07, 6.45) is 3.99. The van der Waals surface area contributed by atoms with E-state index in [9.17, 15) is 9.18 Å². The third kappa shape index (κ3) is 2.90. The van der Waals surface area contributed by atoms with Gasteiger partial charge in [0.2, 0.25) is 5.91 Å². The van der Waals surface area contributed by atoms with Crippen LogP contribution in [0.2, 0.25) is 0 Å². The summed E-state index contributed by atoms with van der Waals surface area (Å²) < 4.78 is 18.9. The minimum Gasteiger partial charge on any atom is -0.497 e. The lowest BCUT2D eigenvalue weighted by molar-refractivity contribution is -0.131. The largest absolute Gasteiger partial charge is 0.497 e. The zero-order chi connectivity index (χ0) is 15.5. The number of hydrogen-bond donors (Lipinski definition) is 0. The van der Waals surface area contributed by atoms with Crippen molar-refractivity contribution in [2.45, 2.75) is 19.4 Å². The molecule has 3 rings (SSSR count). The number of carbonyl (C=O) groups is 1. The van der Waals surface area contributed by atoms with Crippen LogP contribution in [0.5, 0.6) is 5.75 Å². The molecule has 114 valence electrons. The van der Waals surface area contributed by atoms with Gasteiger partial charge in [-0.25, -0.2) is 4.39 Å². The van der Waals surface area contributed by atoms with Gasteiger partial charge in [0.25, 0.3) is 0 Å². The van der Waals surface area contributed by atoms with E-state index in [1.807, 2.05) is 0 Å². The van der Waals surface area contributed by atoms with Gasteiger partial charge in [0.1, 0.15) is 11.6 Å². The van der Waals surface area contributed by atoms with Gasteiger partial charge in [-0.2, -0.15) is 0 Å². The van der Waals surface area contributed by atoms with Crippen molar-refractivity contribution >= 4 is 5.91 Å². The number of amides is 1. The number of rotatable bonds is 3. The van der Waals surface area contributed by atoms with Crippen molar-refractivity contribution in [3.8, 4) is 5.75 Å². The molecule has 6 heteroatoms. The highest BCUT2D eigenvalue weighted by molar-refractivity contribution is 5.79. The van der Waals surface area contributed by atoms with E-state index in [-0.39, 0.29) is 12.3 Å². The first kappa shape index (κ1) is 14.4. The molecule has 0 N–H and O–H groups in total. The SMILES string of the molecule is COc1ccc(CC(=O)N2CCc3nccnc3C2)c(F)c1. The normalized spacial score (nSPS) is 13.6. The fourth-order valence-electron chi connectivity index (χ4n) is 2.52.